The van der Waals surface area contributed by atoms with Crippen LogP contribution < -0.4 is 5.32 Å². The van der Waals surface area contributed by atoms with Crippen LogP contribution in [-0.4, -0.2) is 34.8 Å². The molecule has 29 heavy (non-hydrogen) atoms. The molecule has 1 saturated heterocycles. The normalized spacial score (nSPS) is 15.3. The second-order valence-corrected chi connectivity index (χ2v) is 7.80. The van der Waals surface area contributed by atoms with E-state index >= 15 is 0 Å². The van der Waals surface area contributed by atoms with Crippen molar-refractivity contribution in [2.45, 2.75) is 19.4 Å². The van der Waals surface area contributed by atoms with Crippen molar-refractivity contribution < 1.29 is 9.84 Å². The highest BCUT2D eigenvalue weighted by atomic mass is 16.5. The largest absolute Gasteiger partial charge is 0.494 e. The van der Waals surface area contributed by atoms with E-state index in [1.165, 1.54) is 5.56 Å². The number of pyridine rings is 1. The molecule has 0 radical (unpaired) electrons. The predicted octanol–water partition coefficient (Wildman–Crippen LogP) is 4.60. The third kappa shape index (κ3) is 3.71. The Morgan fingerprint density at radius 2 is 1.93 bits per heavy atom. The lowest BCUT2D eigenvalue weighted by Gasteiger charge is -2.22. The van der Waals surface area contributed by atoms with Crippen LogP contribution in [0.5, 0.6) is 5.88 Å². The molecule has 148 valence electrons. The second-order valence-electron chi connectivity index (χ2n) is 7.80. The smallest absolute Gasteiger partial charge is 0.199 e. The zero-order valence-electron chi connectivity index (χ0n) is 16.3. The maximum atomic E-state index is 10.4. The summed E-state index contributed by atoms with van der Waals surface area (Å²) in [6.45, 7) is 3.68. The van der Waals surface area contributed by atoms with Crippen LogP contribution in [0.4, 0.5) is 0 Å². The number of rotatable bonds is 5. The lowest BCUT2D eigenvalue weighted by atomic mass is 10.0. The number of nitrogens with zero attached hydrogens (tertiary/aromatic N) is 1. The lowest BCUT2D eigenvalue weighted by molar-refractivity contribution is 0.0662. The summed E-state index contributed by atoms with van der Waals surface area (Å²) in [5.74, 6) is 0.879. The predicted molar refractivity (Wildman–Crippen MR) is 116 cm³/mol. The van der Waals surface area contributed by atoms with Crippen molar-refractivity contribution in [2.75, 3.05) is 19.8 Å². The summed E-state index contributed by atoms with van der Waals surface area (Å²) >= 11 is 0. The maximum Gasteiger partial charge on any atom is 0.199 e. The van der Waals surface area contributed by atoms with Crippen molar-refractivity contribution in [1.29, 1.82) is 0 Å². The Labute approximate surface area is 169 Å². The molecular weight excluding hydrogens is 362 g/mol. The van der Waals surface area contributed by atoms with Gasteiger partial charge in [0, 0.05) is 36.0 Å². The van der Waals surface area contributed by atoms with Gasteiger partial charge in [0.2, 0.25) is 0 Å². The molecular formula is C24H25N3O2. The van der Waals surface area contributed by atoms with Crippen molar-refractivity contribution in [3.8, 4) is 17.1 Å². The average molecular weight is 387 g/mol. The Balaban J connectivity index is 1.36. The molecule has 0 unspecified atom stereocenters. The summed E-state index contributed by atoms with van der Waals surface area (Å²) in [5.41, 5.74) is 4.63. The SMILES string of the molecule is Oc1[nH]c2ccccc2c1-c1ccc2cc(CNCC3CCOCC3)ccc2n1. The highest BCUT2D eigenvalue weighted by Crippen LogP contribution is 2.36. The first-order valence-corrected chi connectivity index (χ1v) is 10.3. The van der Waals surface area contributed by atoms with E-state index in [0.717, 1.165) is 78.1 Å². The highest BCUT2D eigenvalue weighted by Gasteiger charge is 2.15. The molecule has 0 amide bonds. The Hall–Kier alpha value is -2.89. The Kier molecular flexibility index (Phi) is 4.92. The molecule has 3 heterocycles. The van der Waals surface area contributed by atoms with E-state index in [4.69, 9.17) is 9.72 Å². The van der Waals surface area contributed by atoms with Gasteiger partial charge in [0.1, 0.15) is 0 Å². The Morgan fingerprint density at radius 3 is 2.83 bits per heavy atom. The molecule has 0 spiro atoms. The van der Waals surface area contributed by atoms with E-state index in [1.54, 1.807) is 0 Å². The van der Waals surface area contributed by atoms with Crippen molar-refractivity contribution >= 4 is 21.8 Å². The number of fused-ring (bicyclic) bond motifs is 2. The first-order chi connectivity index (χ1) is 14.3. The second kappa shape index (κ2) is 7.85. The van der Waals surface area contributed by atoms with E-state index < -0.39 is 0 Å². The fraction of sp³-hybridized carbons (Fsp3) is 0.292. The van der Waals surface area contributed by atoms with E-state index in [-0.39, 0.29) is 5.88 Å². The first kappa shape index (κ1) is 18.2. The molecule has 1 aliphatic heterocycles. The Bertz CT molecular complexity index is 1150. The minimum atomic E-state index is 0.159. The molecule has 3 N–H and O–H groups in total. The van der Waals surface area contributed by atoms with Crippen molar-refractivity contribution in [3.05, 3.63) is 60.2 Å². The van der Waals surface area contributed by atoms with Gasteiger partial charge < -0.3 is 20.1 Å². The van der Waals surface area contributed by atoms with Crippen molar-refractivity contribution in [3.63, 3.8) is 0 Å². The average Bonchev–Trinajstić information content (AvgIpc) is 3.10. The molecule has 0 saturated carbocycles. The number of aromatic hydroxyl groups is 1. The van der Waals surface area contributed by atoms with E-state index in [2.05, 4.69) is 34.6 Å². The monoisotopic (exact) mass is 387 g/mol. The fourth-order valence-electron chi connectivity index (χ4n) is 4.18. The van der Waals surface area contributed by atoms with Gasteiger partial charge in [-0.25, -0.2) is 4.98 Å². The number of H-pyrrole nitrogens is 1. The maximum absolute atomic E-state index is 10.4. The molecule has 1 aliphatic rings. The number of aromatic nitrogens is 2. The van der Waals surface area contributed by atoms with Gasteiger partial charge in [-0.2, -0.15) is 0 Å². The summed E-state index contributed by atoms with van der Waals surface area (Å²) in [4.78, 5) is 7.84. The molecule has 4 aromatic rings. The quantitative estimate of drug-likeness (QED) is 0.468. The van der Waals surface area contributed by atoms with Crippen LogP contribution in [0, 0.1) is 5.92 Å². The number of ether oxygens (including phenoxy) is 1. The number of aromatic amines is 1. The summed E-state index contributed by atoms with van der Waals surface area (Å²) in [7, 11) is 0. The van der Waals surface area contributed by atoms with Gasteiger partial charge in [-0.15, -0.1) is 0 Å². The van der Waals surface area contributed by atoms with E-state index in [1.807, 2.05) is 30.3 Å². The lowest BCUT2D eigenvalue weighted by Crippen LogP contribution is -2.27. The summed E-state index contributed by atoms with van der Waals surface area (Å²) in [6, 6.07) is 18.3. The third-order valence-electron chi connectivity index (χ3n) is 5.80. The van der Waals surface area contributed by atoms with Crippen LogP contribution in [0.15, 0.2) is 54.6 Å². The van der Waals surface area contributed by atoms with Crippen LogP contribution in [0.1, 0.15) is 18.4 Å². The van der Waals surface area contributed by atoms with E-state index in [0.29, 0.717) is 0 Å². The fourth-order valence-corrected chi connectivity index (χ4v) is 4.18. The van der Waals surface area contributed by atoms with Crippen molar-refractivity contribution in [1.82, 2.24) is 15.3 Å². The van der Waals surface area contributed by atoms with Crippen LogP contribution in [0.2, 0.25) is 0 Å². The van der Waals surface area contributed by atoms with Crippen LogP contribution in [0.25, 0.3) is 33.1 Å². The topological polar surface area (TPSA) is 70.2 Å². The van der Waals surface area contributed by atoms with Gasteiger partial charge in [-0.1, -0.05) is 30.3 Å². The minimum absolute atomic E-state index is 0.159. The molecule has 1 fully saturated rings. The van der Waals surface area contributed by atoms with Crippen molar-refractivity contribution in [2.24, 2.45) is 5.92 Å². The zero-order chi connectivity index (χ0) is 19.6. The molecule has 2 aromatic heterocycles. The van der Waals surface area contributed by atoms with E-state index in [9.17, 15) is 5.11 Å². The zero-order valence-corrected chi connectivity index (χ0v) is 16.3. The standard InChI is InChI=1S/C24H25N3O2/c28-24-23(19-3-1-2-4-21(19)27-24)22-8-6-18-13-17(5-7-20(18)26-22)15-25-14-16-9-11-29-12-10-16/h1-8,13,16,25,27-28H,9-12,14-15H2. The summed E-state index contributed by atoms with van der Waals surface area (Å²) < 4.78 is 5.43. The number of hydrogen-bond acceptors (Lipinski definition) is 4. The van der Waals surface area contributed by atoms with Gasteiger partial charge in [0.25, 0.3) is 0 Å². The summed E-state index contributed by atoms with van der Waals surface area (Å²) in [5, 5.41) is 16.1. The van der Waals surface area contributed by atoms with Crippen LogP contribution in [-0.2, 0) is 11.3 Å². The first-order valence-electron chi connectivity index (χ1n) is 10.3. The highest BCUT2D eigenvalue weighted by molar-refractivity contribution is 5.99. The number of benzene rings is 2. The molecule has 5 nitrogen and oxygen atoms in total. The van der Waals surface area contributed by atoms with Gasteiger partial charge in [-0.3, -0.25) is 0 Å². The third-order valence-corrected chi connectivity index (χ3v) is 5.80. The molecule has 0 bridgehead atoms. The summed E-state index contributed by atoms with van der Waals surface area (Å²) in [6.07, 6.45) is 2.30. The van der Waals surface area contributed by atoms with Gasteiger partial charge in [-0.05, 0) is 55.1 Å². The Morgan fingerprint density at radius 1 is 1.07 bits per heavy atom. The molecule has 5 rings (SSSR count). The van der Waals surface area contributed by atoms with Crippen LogP contribution in [0.3, 0.4) is 0 Å². The minimum Gasteiger partial charge on any atom is -0.494 e. The van der Waals surface area contributed by atoms with Gasteiger partial charge >= 0.3 is 0 Å². The number of nitrogens with one attached hydrogen (secondary N) is 2. The molecule has 0 aliphatic carbocycles. The number of para-hydroxylation sites is 1. The number of hydrogen-bond donors (Lipinski definition) is 3. The molecule has 0 atom stereocenters. The molecule has 5 heteroatoms. The van der Waals surface area contributed by atoms with Gasteiger partial charge in [0.05, 0.1) is 16.8 Å². The van der Waals surface area contributed by atoms with Gasteiger partial charge in [0.15, 0.2) is 5.88 Å². The molecule has 2 aromatic carbocycles. The van der Waals surface area contributed by atoms with Crippen LogP contribution >= 0.6 is 0 Å².